The molecule has 2 fully saturated rings. The molecule has 41 heavy (non-hydrogen) atoms. The lowest BCUT2D eigenvalue weighted by Gasteiger charge is -2.27. The van der Waals surface area contributed by atoms with E-state index in [9.17, 15) is 14.4 Å². The first-order valence-corrected chi connectivity index (χ1v) is 14.1. The number of rotatable bonds is 11. The number of methoxy groups -OCH3 is 1. The van der Waals surface area contributed by atoms with Crippen molar-refractivity contribution in [3.05, 3.63) is 53.6 Å². The van der Waals surface area contributed by atoms with E-state index in [1.807, 2.05) is 48.8 Å². The highest BCUT2D eigenvalue weighted by molar-refractivity contribution is 5.91. The minimum atomic E-state index is -0.962. The molecule has 0 aliphatic carbocycles. The molecule has 0 aromatic heterocycles. The highest BCUT2D eigenvalue weighted by Crippen LogP contribution is 2.28. The summed E-state index contributed by atoms with van der Waals surface area (Å²) in [6.45, 7) is 2.04. The van der Waals surface area contributed by atoms with Crippen LogP contribution in [-0.4, -0.2) is 80.1 Å². The van der Waals surface area contributed by atoms with Gasteiger partial charge in [0.2, 0.25) is 11.8 Å². The number of likely N-dealkylation sites (tertiary alicyclic amines) is 2. The second-order valence-electron chi connectivity index (χ2n) is 10.7. The van der Waals surface area contributed by atoms with Crippen LogP contribution in [0.15, 0.2) is 47.6 Å². The van der Waals surface area contributed by atoms with Gasteiger partial charge in [0.05, 0.1) is 14.2 Å². The van der Waals surface area contributed by atoms with Gasteiger partial charge in [0, 0.05) is 38.8 Å². The molecular weight excluding hydrogens is 524 g/mol. The Kier molecular flexibility index (Phi) is 10.3. The molecule has 12 heteroatoms. The number of hydrogen-bond acceptors (Lipinski definition) is 7. The van der Waals surface area contributed by atoms with E-state index < -0.39 is 12.1 Å². The van der Waals surface area contributed by atoms with Gasteiger partial charge in [-0.2, -0.15) is 5.11 Å². The average Bonchev–Trinajstić information content (AvgIpc) is 3.69. The van der Waals surface area contributed by atoms with Crippen LogP contribution in [0.4, 0.5) is 16.2 Å². The molecule has 220 valence electrons. The molecule has 12 nitrogen and oxygen atoms in total. The number of nitrogens with one attached hydrogen (secondary N) is 3. The molecule has 0 saturated carbocycles. The summed E-state index contributed by atoms with van der Waals surface area (Å²) in [5.74, 6) is 0.201. The van der Waals surface area contributed by atoms with Crippen molar-refractivity contribution in [1.29, 1.82) is 5.53 Å². The molecular formula is C29H41N8O4+. The third-order valence-corrected chi connectivity index (χ3v) is 7.83. The predicted molar refractivity (Wildman–Crippen MR) is 153 cm³/mol. The van der Waals surface area contributed by atoms with Gasteiger partial charge in [0.15, 0.2) is 5.69 Å². The third kappa shape index (κ3) is 7.59. The van der Waals surface area contributed by atoms with Crippen LogP contribution in [0.1, 0.15) is 30.4 Å². The second kappa shape index (κ2) is 14.0. The number of nitrogens with two attached hydrogens (primary N) is 2. The minimum Gasteiger partial charge on any atom is -0.497 e. The van der Waals surface area contributed by atoms with Gasteiger partial charge >= 0.3 is 6.03 Å². The first-order chi connectivity index (χ1) is 19.8. The standard InChI is InChI=1S/C29H40N8O4/c1-32-24-10-7-20(14-25(24)35-31)16-33-27(38)26-15-21(13-19-5-8-22(41-2)9-6-19)18-37(26)28(39)23(30)17-34-29(40)36-11-3-4-12-36/h5-10,14,21,23,26,31-32H,3-4,11-13,15-18,30H2,1-2H3,(H,33,38)(H,34,40)/p+1. The SMILES string of the molecule is C[NH2+]c1ccc(CNC(=O)C2CC(Cc3ccc(OC)cc3)CN2C(=O)C(N)CNC(=O)N2CCCC2)cc1N=N. The van der Waals surface area contributed by atoms with Crippen LogP contribution in [0.2, 0.25) is 0 Å². The van der Waals surface area contributed by atoms with Gasteiger partial charge in [-0.05, 0) is 60.9 Å². The summed E-state index contributed by atoms with van der Waals surface area (Å²) in [7, 11) is 3.50. The number of amides is 4. The van der Waals surface area contributed by atoms with Gasteiger partial charge in [0.25, 0.3) is 0 Å². The molecule has 4 amide bonds. The number of quaternary nitrogens is 1. The van der Waals surface area contributed by atoms with E-state index in [0.717, 1.165) is 35.4 Å². The van der Waals surface area contributed by atoms with Crippen LogP contribution >= 0.6 is 0 Å². The van der Waals surface area contributed by atoms with Crippen molar-refractivity contribution in [1.82, 2.24) is 20.4 Å². The zero-order valence-electron chi connectivity index (χ0n) is 23.8. The highest BCUT2D eigenvalue weighted by atomic mass is 16.5. The molecule has 4 rings (SSSR count). The van der Waals surface area contributed by atoms with Gasteiger partial charge in [0.1, 0.15) is 23.5 Å². The Labute approximate surface area is 240 Å². The van der Waals surface area contributed by atoms with Gasteiger partial charge < -0.3 is 36.2 Å². The van der Waals surface area contributed by atoms with E-state index in [1.54, 1.807) is 23.0 Å². The van der Waals surface area contributed by atoms with E-state index >= 15 is 0 Å². The van der Waals surface area contributed by atoms with Gasteiger partial charge in [-0.25, -0.2) is 10.3 Å². The number of carbonyl (C=O) groups is 3. The number of carbonyl (C=O) groups excluding carboxylic acids is 3. The van der Waals surface area contributed by atoms with E-state index in [1.165, 1.54) is 0 Å². The van der Waals surface area contributed by atoms with Gasteiger partial charge in [-0.15, -0.1) is 0 Å². The number of hydrogen-bond donors (Lipinski definition) is 5. The number of nitrogens with zero attached hydrogens (tertiary/aromatic N) is 3. The summed E-state index contributed by atoms with van der Waals surface area (Å²) >= 11 is 0. The maximum absolute atomic E-state index is 13.5. The van der Waals surface area contributed by atoms with E-state index in [4.69, 9.17) is 16.0 Å². The molecule has 2 aromatic carbocycles. The molecule has 2 aliphatic rings. The molecule has 3 atom stereocenters. The first kappa shape index (κ1) is 29.9. The Morgan fingerprint density at radius 2 is 1.83 bits per heavy atom. The Hall–Kier alpha value is -4.03. The Morgan fingerprint density at radius 3 is 2.49 bits per heavy atom. The molecule has 2 aromatic rings. The van der Waals surface area contributed by atoms with Crippen LogP contribution in [0, 0.1) is 11.4 Å². The summed E-state index contributed by atoms with van der Waals surface area (Å²) in [6.07, 6.45) is 3.13. The molecule has 0 bridgehead atoms. The van der Waals surface area contributed by atoms with Crippen molar-refractivity contribution in [3.63, 3.8) is 0 Å². The number of benzene rings is 2. The first-order valence-electron chi connectivity index (χ1n) is 14.1. The fourth-order valence-electron chi connectivity index (χ4n) is 5.53. The summed E-state index contributed by atoms with van der Waals surface area (Å²) in [5, 5.41) is 11.2. The van der Waals surface area contributed by atoms with Crippen molar-refractivity contribution < 1.29 is 24.4 Å². The monoisotopic (exact) mass is 565 g/mol. The van der Waals surface area contributed by atoms with Crippen LogP contribution in [-0.2, 0) is 22.6 Å². The fourth-order valence-corrected chi connectivity index (χ4v) is 5.53. The zero-order chi connectivity index (χ0) is 29.4. The van der Waals surface area contributed by atoms with Crippen molar-refractivity contribution in [3.8, 4) is 5.75 Å². The quantitative estimate of drug-likeness (QED) is 0.204. The maximum atomic E-state index is 13.5. The average molecular weight is 566 g/mol. The van der Waals surface area contributed by atoms with E-state index in [-0.39, 0.29) is 36.9 Å². The highest BCUT2D eigenvalue weighted by Gasteiger charge is 2.41. The van der Waals surface area contributed by atoms with E-state index in [2.05, 4.69) is 15.7 Å². The summed E-state index contributed by atoms with van der Waals surface area (Å²) in [5.41, 5.74) is 16.9. The smallest absolute Gasteiger partial charge is 0.317 e. The third-order valence-electron chi connectivity index (χ3n) is 7.83. The van der Waals surface area contributed by atoms with Crippen LogP contribution in [0.3, 0.4) is 0 Å². The molecule has 0 radical (unpaired) electrons. The molecule has 2 heterocycles. The van der Waals surface area contributed by atoms with Gasteiger partial charge in [-0.1, -0.05) is 18.2 Å². The summed E-state index contributed by atoms with van der Waals surface area (Å²) < 4.78 is 5.25. The summed E-state index contributed by atoms with van der Waals surface area (Å²) in [6, 6.07) is 11.4. The fraction of sp³-hybridized carbons (Fsp3) is 0.483. The van der Waals surface area contributed by atoms with Crippen molar-refractivity contribution >= 4 is 29.2 Å². The van der Waals surface area contributed by atoms with Crippen molar-refractivity contribution in [2.24, 2.45) is 16.8 Å². The molecule has 3 unspecified atom stereocenters. The lowest BCUT2D eigenvalue weighted by molar-refractivity contribution is -0.538. The zero-order valence-corrected chi connectivity index (χ0v) is 23.8. The second-order valence-corrected chi connectivity index (χ2v) is 10.7. The lowest BCUT2D eigenvalue weighted by atomic mass is 9.96. The minimum absolute atomic E-state index is 0.00233. The number of urea groups is 1. The van der Waals surface area contributed by atoms with Crippen LogP contribution < -0.4 is 26.4 Å². The lowest BCUT2D eigenvalue weighted by Crippen LogP contribution is -2.72. The van der Waals surface area contributed by atoms with Crippen molar-refractivity contribution in [2.75, 3.05) is 40.3 Å². The largest absolute Gasteiger partial charge is 0.497 e. The van der Waals surface area contributed by atoms with Crippen LogP contribution in [0.5, 0.6) is 5.75 Å². The molecule has 0 spiro atoms. The Balaban J connectivity index is 1.43. The number of ether oxygens (including phenoxy) is 1. The maximum Gasteiger partial charge on any atom is 0.317 e. The molecule has 2 saturated heterocycles. The van der Waals surface area contributed by atoms with Gasteiger partial charge in [-0.3, -0.25) is 9.59 Å². The summed E-state index contributed by atoms with van der Waals surface area (Å²) in [4.78, 5) is 42.7. The topological polar surface area (TPSA) is 170 Å². The normalized spacial score (nSPS) is 19.1. The molecule has 2 aliphatic heterocycles. The molecule has 7 N–H and O–H groups in total. The van der Waals surface area contributed by atoms with Crippen LogP contribution in [0.25, 0.3) is 0 Å². The van der Waals surface area contributed by atoms with E-state index in [0.29, 0.717) is 38.2 Å². The Bertz CT molecular complexity index is 1230. The predicted octanol–water partition coefficient (Wildman–Crippen LogP) is 1.39. The Morgan fingerprint density at radius 1 is 1.12 bits per heavy atom. The van der Waals surface area contributed by atoms with Crippen molar-refractivity contribution in [2.45, 2.75) is 44.3 Å².